The molecule has 0 atom stereocenters. The minimum Gasteiger partial charge on any atom is -0.353 e. The van der Waals surface area contributed by atoms with Crippen LogP contribution in [-0.4, -0.2) is 15.6 Å². The van der Waals surface area contributed by atoms with Crippen molar-refractivity contribution < 1.29 is 0 Å². The van der Waals surface area contributed by atoms with Crippen LogP contribution in [0, 0.1) is 6.92 Å². The van der Waals surface area contributed by atoms with Gasteiger partial charge in [0.2, 0.25) is 5.95 Å². The second-order valence-corrected chi connectivity index (χ2v) is 5.62. The zero-order valence-electron chi connectivity index (χ0n) is 12.4. The summed E-state index contributed by atoms with van der Waals surface area (Å²) in [6.45, 7) is 10.7. The van der Waals surface area contributed by atoms with Gasteiger partial charge in [-0.25, -0.2) is 4.98 Å². The van der Waals surface area contributed by atoms with Gasteiger partial charge in [-0.15, -0.1) is 0 Å². The molecule has 2 rings (SSSR count). The van der Waals surface area contributed by atoms with Crippen LogP contribution in [0.5, 0.6) is 0 Å². The summed E-state index contributed by atoms with van der Waals surface area (Å²) in [5, 5.41) is 3.38. The molecule has 0 radical (unpaired) electrons. The molecule has 1 N–H and O–H groups in total. The van der Waals surface area contributed by atoms with Crippen LogP contribution in [-0.2, 0) is 0 Å². The Morgan fingerprint density at radius 2 is 1.68 bits per heavy atom. The Kier molecular flexibility index (Phi) is 3.93. The number of rotatable bonds is 4. The Bertz CT molecular complexity index is 536. The van der Waals surface area contributed by atoms with Crippen LogP contribution >= 0.6 is 0 Å². The van der Waals surface area contributed by atoms with Gasteiger partial charge >= 0.3 is 0 Å². The van der Waals surface area contributed by atoms with Crippen LogP contribution in [0.3, 0.4) is 0 Å². The lowest BCUT2D eigenvalue weighted by atomic mass is 10.0. The van der Waals surface area contributed by atoms with E-state index in [4.69, 9.17) is 0 Å². The lowest BCUT2D eigenvalue weighted by Gasteiger charge is -2.13. The van der Waals surface area contributed by atoms with Gasteiger partial charge in [0.15, 0.2) is 0 Å². The second-order valence-electron chi connectivity index (χ2n) is 5.62. The van der Waals surface area contributed by atoms with Gasteiger partial charge < -0.3 is 5.32 Å². The zero-order chi connectivity index (χ0) is 14.0. The molecule has 0 amide bonds. The highest BCUT2D eigenvalue weighted by Crippen LogP contribution is 2.20. The number of imidazole rings is 1. The number of nitrogens with one attached hydrogen (secondary N) is 1. The molecule has 1 aromatic heterocycles. The summed E-state index contributed by atoms with van der Waals surface area (Å²) < 4.78 is 2.11. The Morgan fingerprint density at radius 1 is 1.05 bits per heavy atom. The lowest BCUT2D eigenvalue weighted by molar-refractivity contribution is 0.857. The molecule has 0 saturated carbocycles. The molecular formula is C16H23N3. The molecule has 0 aliphatic heterocycles. The quantitative estimate of drug-likeness (QED) is 0.892. The summed E-state index contributed by atoms with van der Waals surface area (Å²) in [6, 6.07) is 9.06. The molecule has 0 unspecified atom stereocenters. The maximum atomic E-state index is 4.54. The number of hydrogen-bond donors (Lipinski definition) is 1. The number of aryl methyl sites for hydroxylation is 1. The number of aromatic nitrogens is 2. The van der Waals surface area contributed by atoms with E-state index in [0.29, 0.717) is 12.0 Å². The lowest BCUT2D eigenvalue weighted by Crippen LogP contribution is -2.13. The van der Waals surface area contributed by atoms with E-state index in [0.717, 1.165) is 17.3 Å². The van der Waals surface area contributed by atoms with Gasteiger partial charge in [-0.05, 0) is 44.4 Å². The molecule has 0 bridgehead atoms. The van der Waals surface area contributed by atoms with Crippen molar-refractivity contribution in [1.29, 1.82) is 0 Å². The van der Waals surface area contributed by atoms with Crippen molar-refractivity contribution in [3.8, 4) is 5.69 Å². The smallest absolute Gasteiger partial charge is 0.207 e. The van der Waals surface area contributed by atoms with Gasteiger partial charge in [0.05, 0.1) is 5.69 Å². The molecule has 0 saturated heterocycles. The first-order valence-electron chi connectivity index (χ1n) is 6.90. The molecule has 0 aliphatic rings. The molecule has 3 heteroatoms. The highest BCUT2D eigenvalue weighted by Gasteiger charge is 2.08. The highest BCUT2D eigenvalue weighted by molar-refractivity contribution is 5.44. The molecule has 102 valence electrons. The van der Waals surface area contributed by atoms with Gasteiger partial charge in [-0.3, -0.25) is 4.57 Å². The Labute approximate surface area is 115 Å². The predicted molar refractivity (Wildman–Crippen MR) is 81.1 cm³/mol. The van der Waals surface area contributed by atoms with Crippen molar-refractivity contribution in [2.45, 2.75) is 46.6 Å². The highest BCUT2D eigenvalue weighted by atomic mass is 15.2. The van der Waals surface area contributed by atoms with Gasteiger partial charge in [-0.2, -0.15) is 0 Å². The van der Waals surface area contributed by atoms with Crippen LogP contribution < -0.4 is 5.32 Å². The Morgan fingerprint density at radius 3 is 2.21 bits per heavy atom. The minimum absolute atomic E-state index is 0.371. The van der Waals surface area contributed by atoms with Gasteiger partial charge in [0, 0.05) is 17.9 Å². The summed E-state index contributed by atoms with van der Waals surface area (Å²) in [5.41, 5.74) is 3.53. The molecule has 2 aromatic rings. The van der Waals surface area contributed by atoms with E-state index in [2.05, 4.69) is 73.0 Å². The fourth-order valence-corrected chi connectivity index (χ4v) is 2.07. The van der Waals surface area contributed by atoms with Gasteiger partial charge in [0.25, 0.3) is 0 Å². The van der Waals surface area contributed by atoms with Crippen molar-refractivity contribution in [2.24, 2.45) is 0 Å². The first kappa shape index (κ1) is 13.7. The molecule has 0 aliphatic carbocycles. The SMILES string of the molecule is Cc1cn(-c2ccc(C(C)C)cc2)c(NC(C)C)n1. The Balaban J connectivity index is 2.35. The normalized spacial score (nSPS) is 11.3. The topological polar surface area (TPSA) is 29.9 Å². The van der Waals surface area contributed by atoms with E-state index in [1.807, 2.05) is 6.92 Å². The van der Waals surface area contributed by atoms with Crippen LogP contribution in [0.4, 0.5) is 5.95 Å². The largest absolute Gasteiger partial charge is 0.353 e. The second kappa shape index (κ2) is 5.47. The van der Waals surface area contributed by atoms with Crippen LogP contribution in [0.2, 0.25) is 0 Å². The van der Waals surface area contributed by atoms with Crippen molar-refractivity contribution >= 4 is 5.95 Å². The predicted octanol–water partition coefficient (Wildman–Crippen LogP) is 4.12. The van der Waals surface area contributed by atoms with Gasteiger partial charge in [-0.1, -0.05) is 26.0 Å². The summed E-state index contributed by atoms with van der Waals surface area (Å²) in [4.78, 5) is 4.54. The first-order chi connectivity index (χ1) is 8.97. The Hall–Kier alpha value is -1.77. The first-order valence-corrected chi connectivity index (χ1v) is 6.90. The third-order valence-electron chi connectivity index (χ3n) is 3.08. The summed E-state index contributed by atoms with van der Waals surface area (Å²) in [6.07, 6.45) is 2.06. The van der Waals surface area contributed by atoms with Crippen molar-refractivity contribution in [1.82, 2.24) is 9.55 Å². The number of hydrogen-bond acceptors (Lipinski definition) is 2. The van der Waals surface area contributed by atoms with E-state index >= 15 is 0 Å². The fraction of sp³-hybridized carbons (Fsp3) is 0.438. The molecule has 0 spiro atoms. The molecule has 19 heavy (non-hydrogen) atoms. The third-order valence-corrected chi connectivity index (χ3v) is 3.08. The fourth-order valence-electron chi connectivity index (χ4n) is 2.07. The molecule has 1 aromatic carbocycles. The summed E-state index contributed by atoms with van der Waals surface area (Å²) >= 11 is 0. The van der Waals surface area contributed by atoms with E-state index in [1.54, 1.807) is 0 Å². The third kappa shape index (κ3) is 3.16. The average Bonchev–Trinajstić information content (AvgIpc) is 2.69. The van der Waals surface area contributed by atoms with E-state index in [9.17, 15) is 0 Å². The van der Waals surface area contributed by atoms with Crippen LogP contribution in [0.1, 0.15) is 44.9 Å². The average molecular weight is 257 g/mol. The minimum atomic E-state index is 0.371. The number of nitrogens with zero attached hydrogens (tertiary/aromatic N) is 2. The maximum Gasteiger partial charge on any atom is 0.207 e. The molecular weight excluding hydrogens is 234 g/mol. The van der Waals surface area contributed by atoms with Gasteiger partial charge in [0.1, 0.15) is 0 Å². The van der Waals surface area contributed by atoms with Crippen LogP contribution in [0.25, 0.3) is 5.69 Å². The molecule has 1 heterocycles. The molecule has 3 nitrogen and oxygen atoms in total. The van der Waals surface area contributed by atoms with Crippen molar-refractivity contribution in [3.05, 3.63) is 41.7 Å². The van der Waals surface area contributed by atoms with E-state index in [-0.39, 0.29) is 0 Å². The maximum absolute atomic E-state index is 4.54. The van der Waals surface area contributed by atoms with Crippen molar-refractivity contribution in [2.75, 3.05) is 5.32 Å². The van der Waals surface area contributed by atoms with Crippen molar-refractivity contribution in [3.63, 3.8) is 0 Å². The summed E-state index contributed by atoms with van der Waals surface area (Å²) in [7, 11) is 0. The standard InChI is InChI=1S/C16H23N3/c1-11(2)14-6-8-15(9-7-14)19-10-13(5)18-16(19)17-12(3)4/h6-12H,1-5H3,(H,17,18). The van der Waals surface area contributed by atoms with E-state index in [1.165, 1.54) is 5.56 Å². The monoisotopic (exact) mass is 257 g/mol. The number of anilines is 1. The zero-order valence-corrected chi connectivity index (χ0v) is 12.4. The molecule has 0 fully saturated rings. The van der Waals surface area contributed by atoms with Crippen LogP contribution in [0.15, 0.2) is 30.5 Å². The number of benzene rings is 1. The summed E-state index contributed by atoms with van der Waals surface area (Å²) in [5.74, 6) is 1.47. The van der Waals surface area contributed by atoms with E-state index < -0.39 is 0 Å².